The molecule has 1 amide bonds. The fraction of sp³-hybridized carbons (Fsp3) is 0.739. The number of amides is 1. The molecule has 0 unspecified atom stereocenters. The Morgan fingerprint density at radius 2 is 2.03 bits per heavy atom. The molecule has 3 aliphatic rings. The van der Waals surface area contributed by atoms with Crippen LogP contribution in [0.15, 0.2) is 23.1 Å². The summed E-state index contributed by atoms with van der Waals surface area (Å²) in [4.78, 5) is 32.4. The molecule has 0 bridgehead atoms. The summed E-state index contributed by atoms with van der Waals surface area (Å²) in [6.07, 6.45) is 9.27. The molecular weight excluding hydrogens is 364 g/mol. The van der Waals surface area contributed by atoms with E-state index in [1.807, 2.05) is 12.3 Å². The van der Waals surface area contributed by atoms with Gasteiger partial charge in [-0.2, -0.15) is 0 Å². The second kappa shape index (κ2) is 8.60. The normalized spacial score (nSPS) is 28.7. The van der Waals surface area contributed by atoms with Gasteiger partial charge in [-0.1, -0.05) is 19.9 Å². The van der Waals surface area contributed by atoms with Gasteiger partial charge in [0.15, 0.2) is 0 Å². The number of pyridine rings is 1. The molecule has 0 radical (unpaired) electrons. The van der Waals surface area contributed by atoms with Crippen LogP contribution in [0.2, 0.25) is 0 Å². The second-order valence-corrected chi connectivity index (χ2v) is 9.66. The maximum atomic E-state index is 13.7. The van der Waals surface area contributed by atoms with Crippen molar-refractivity contribution in [2.24, 2.45) is 5.92 Å². The highest BCUT2D eigenvalue weighted by Gasteiger charge is 2.53. The third kappa shape index (κ3) is 4.43. The minimum absolute atomic E-state index is 0.0488. The lowest BCUT2D eigenvalue weighted by Crippen LogP contribution is -2.59. The minimum Gasteiger partial charge on any atom is -0.341 e. The molecule has 4 heterocycles. The van der Waals surface area contributed by atoms with Gasteiger partial charge in [0.1, 0.15) is 5.54 Å². The molecule has 0 spiro atoms. The first-order valence-corrected chi connectivity index (χ1v) is 11.4. The van der Waals surface area contributed by atoms with Crippen LogP contribution in [-0.2, 0) is 11.2 Å². The lowest BCUT2D eigenvalue weighted by atomic mass is 9.83. The molecule has 2 N–H and O–H groups in total. The van der Waals surface area contributed by atoms with Crippen LogP contribution in [0.5, 0.6) is 0 Å². The van der Waals surface area contributed by atoms with E-state index in [4.69, 9.17) is 0 Å². The topological polar surface area (TPSA) is 68.4 Å². The van der Waals surface area contributed by atoms with Gasteiger partial charge >= 0.3 is 0 Å². The molecule has 2 atom stereocenters. The van der Waals surface area contributed by atoms with Crippen LogP contribution in [0.25, 0.3) is 0 Å². The second-order valence-electron chi connectivity index (χ2n) is 9.66. The third-order valence-corrected chi connectivity index (χ3v) is 7.14. The summed E-state index contributed by atoms with van der Waals surface area (Å²) in [5.41, 5.74) is 0.869. The fourth-order valence-corrected chi connectivity index (χ4v) is 5.78. The molecule has 1 aromatic rings. The van der Waals surface area contributed by atoms with Gasteiger partial charge in [0.2, 0.25) is 11.5 Å². The van der Waals surface area contributed by atoms with E-state index in [-0.39, 0.29) is 11.1 Å². The summed E-state index contributed by atoms with van der Waals surface area (Å²) in [6.45, 7) is 8.19. The number of nitrogens with zero attached hydrogens (tertiary/aromatic N) is 2. The number of carbonyl (C=O) groups is 1. The van der Waals surface area contributed by atoms with E-state index in [1.165, 1.54) is 18.4 Å². The largest absolute Gasteiger partial charge is 0.341 e. The smallest absolute Gasteiger partial charge is 0.247 e. The predicted octanol–water partition coefficient (Wildman–Crippen LogP) is 2.15. The maximum absolute atomic E-state index is 13.7. The number of carbonyl (C=O) groups excluding carboxylic acids is 1. The van der Waals surface area contributed by atoms with E-state index in [1.54, 1.807) is 6.07 Å². The number of nitrogens with one attached hydrogen (secondary N) is 2. The molecular formula is C23H36N4O2. The zero-order valence-electron chi connectivity index (χ0n) is 18.0. The zero-order chi connectivity index (χ0) is 20.4. The summed E-state index contributed by atoms with van der Waals surface area (Å²) in [5, 5.41) is 3.68. The standard InChI is InChI=1S/C23H36N4O2/c1-17(2)25-20-14-23(9-3-4-10-27(23)16-20)22(29)26-11-7-18(8-12-26)13-19-5-6-21(28)24-15-19/h5-6,15,17-18,20,25H,3-4,7-14,16H2,1-2H3,(H,24,28)/t20-,23-/m0/s1. The summed E-state index contributed by atoms with van der Waals surface area (Å²) in [5.74, 6) is 0.969. The predicted molar refractivity (Wildman–Crippen MR) is 115 cm³/mol. The van der Waals surface area contributed by atoms with Crippen molar-refractivity contribution in [3.63, 3.8) is 0 Å². The summed E-state index contributed by atoms with van der Waals surface area (Å²) >= 11 is 0. The molecule has 0 saturated carbocycles. The number of aromatic amines is 1. The van der Waals surface area contributed by atoms with Gasteiger partial charge in [-0.3, -0.25) is 14.5 Å². The highest BCUT2D eigenvalue weighted by atomic mass is 16.2. The molecule has 6 heteroatoms. The lowest BCUT2D eigenvalue weighted by molar-refractivity contribution is -0.146. The Balaban J connectivity index is 1.37. The summed E-state index contributed by atoms with van der Waals surface area (Å²) < 4.78 is 0. The number of hydrogen-bond acceptors (Lipinski definition) is 4. The van der Waals surface area contributed by atoms with Gasteiger partial charge in [-0.15, -0.1) is 0 Å². The number of likely N-dealkylation sites (tertiary alicyclic amines) is 1. The summed E-state index contributed by atoms with van der Waals surface area (Å²) in [6, 6.07) is 4.41. The van der Waals surface area contributed by atoms with Crippen LogP contribution in [-0.4, -0.2) is 64.5 Å². The van der Waals surface area contributed by atoms with Crippen molar-refractivity contribution in [1.29, 1.82) is 0 Å². The van der Waals surface area contributed by atoms with E-state index in [9.17, 15) is 9.59 Å². The van der Waals surface area contributed by atoms with Crippen molar-refractivity contribution >= 4 is 5.91 Å². The van der Waals surface area contributed by atoms with Crippen LogP contribution >= 0.6 is 0 Å². The monoisotopic (exact) mass is 400 g/mol. The van der Waals surface area contributed by atoms with Crippen molar-refractivity contribution in [2.75, 3.05) is 26.2 Å². The van der Waals surface area contributed by atoms with E-state index >= 15 is 0 Å². The first-order valence-electron chi connectivity index (χ1n) is 11.4. The molecule has 0 aromatic carbocycles. The van der Waals surface area contributed by atoms with E-state index in [0.29, 0.717) is 23.9 Å². The van der Waals surface area contributed by atoms with Gasteiger partial charge in [0.25, 0.3) is 0 Å². The number of rotatable bonds is 5. The van der Waals surface area contributed by atoms with Crippen molar-refractivity contribution in [1.82, 2.24) is 20.1 Å². The van der Waals surface area contributed by atoms with Crippen LogP contribution < -0.4 is 10.9 Å². The first-order chi connectivity index (χ1) is 14.0. The fourth-order valence-electron chi connectivity index (χ4n) is 5.78. The van der Waals surface area contributed by atoms with Gasteiger partial charge in [0.05, 0.1) is 0 Å². The molecule has 4 rings (SSSR count). The molecule has 3 saturated heterocycles. The SMILES string of the molecule is CC(C)N[C@@H]1CN2CCCC[C@@]2(C(=O)N2CCC(Cc3ccc(=O)[nH]c3)CC2)C1. The Morgan fingerprint density at radius 1 is 1.24 bits per heavy atom. The van der Waals surface area contributed by atoms with E-state index in [2.05, 4.69) is 33.9 Å². The average Bonchev–Trinajstić information content (AvgIpc) is 3.08. The molecule has 3 aliphatic heterocycles. The molecule has 160 valence electrons. The Hall–Kier alpha value is -1.66. The number of H-pyrrole nitrogens is 1. The van der Waals surface area contributed by atoms with Gasteiger partial charge in [-0.25, -0.2) is 0 Å². The van der Waals surface area contributed by atoms with Crippen molar-refractivity contribution < 1.29 is 4.79 Å². The van der Waals surface area contributed by atoms with Crippen molar-refractivity contribution in [2.45, 2.75) is 76.4 Å². The quantitative estimate of drug-likeness (QED) is 0.795. The van der Waals surface area contributed by atoms with Gasteiger partial charge < -0.3 is 15.2 Å². The van der Waals surface area contributed by atoms with Crippen LogP contribution in [0.1, 0.15) is 57.9 Å². The van der Waals surface area contributed by atoms with E-state index < -0.39 is 0 Å². The zero-order valence-corrected chi connectivity index (χ0v) is 18.0. The molecule has 1 aromatic heterocycles. The number of fused-ring (bicyclic) bond motifs is 1. The van der Waals surface area contributed by atoms with E-state index in [0.717, 1.165) is 58.3 Å². The third-order valence-electron chi connectivity index (χ3n) is 7.14. The van der Waals surface area contributed by atoms with Crippen LogP contribution in [0.4, 0.5) is 0 Å². The number of aromatic nitrogens is 1. The lowest BCUT2D eigenvalue weighted by Gasteiger charge is -2.45. The average molecular weight is 401 g/mol. The Kier molecular flexibility index (Phi) is 6.11. The molecule has 0 aliphatic carbocycles. The molecule has 3 fully saturated rings. The highest BCUT2D eigenvalue weighted by Crippen LogP contribution is 2.40. The minimum atomic E-state index is -0.267. The Morgan fingerprint density at radius 3 is 2.72 bits per heavy atom. The number of piperidine rings is 2. The van der Waals surface area contributed by atoms with Crippen LogP contribution in [0.3, 0.4) is 0 Å². The highest BCUT2D eigenvalue weighted by molar-refractivity contribution is 5.87. The number of hydrogen-bond donors (Lipinski definition) is 2. The van der Waals surface area contributed by atoms with Crippen LogP contribution in [0, 0.1) is 5.92 Å². The molecule has 6 nitrogen and oxygen atoms in total. The Bertz CT molecular complexity index is 748. The van der Waals surface area contributed by atoms with Crippen molar-refractivity contribution in [3.05, 3.63) is 34.2 Å². The molecule has 29 heavy (non-hydrogen) atoms. The first kappa shape index (κ1) is 20.6. The maximum Gasteiger partial charge on any atom is 0.247 e. The Labute approximate surface area is 174 Å². The summed E-state index contributed by atoms with van der Waals surface area (Å²) in [7, 11) is 0. The van der Waals surface area contributed by atoms with Crippen molar-refractivity contribution in [3.8, 4) is 0 Å². The van der Waals surface area contributed by atoms with Gasteiger partial charge in [0, 0.05) is 44.0 Å². The van der Waals surface area contributed by atoms with Gasteiger partial charge in [-0.05, 0) is 63.0 Å².